The van der Waals surface area contributed by atoms with E-state index in [0.717, 1.165) is 17.5 Å². The molecule has 3 heteroatoms. The van der Waals surface area contributed by atoms with Crippen LogP contribution in [0, 0.1) is 0 Å². The standard InChI is InChI=1S/C19H21NO2/c1-15(16-9-5-3-6-10-16)20-14-13-19(2,22-18(20)21)17-11-7-4-8-12-17/h3-12,15H,13-14H2,1-2H3/t15-,19-/m1/s1. The fraction of sp³-hybridized carbons (Fsp3) is 0.316. The molecule has 0 aromatic heterocycles. The van der Waals surface area contributed by atoms with Crippen molar-refractivity contribution in [1.29, 1.82) is 0 Å². The van der Waals surface area contributed by atoms with Crippen molar-refractivity contribution in [3.05, 3.63) is 71.8 Å². The van der Waals surface area contributed by atoms with Gasteiger partial charge in [-0.05, 0) is 25.0 Å². The van der Waals surface area contributed by atoms with Crippen molar-refractivity contribution < 1.29 is 9.53 Å². The zero-order chi connectivity index (χ0) is 15.6. The molecule has 0 unspecified atom stereocenters. The third-order valence-corrected chi connectivity index (χ3v) is 4.51. The zero-order valence-electron chi connectivity index (χ0n) is 13.0. The van der Waals surface area contributed by atoms with Gasteiger partial charge in [-0.15, -0.1) is 0 Å². The molecule has 1 amide bonds. The summed E-state index contributed by atoms with van der Waals surface area (Å²) >= 11 is 0. The monoisotopic (exact) mass is 295 g/mol. The summed E-state index contributed by atoms with van der Waals surface area (Å²) in [5.41, 5.74) is 1.64. The summed E-state index contributed by atoms with van der Waals surface area (Å²) in [7, 11) is 0. The van der Waals surface area contributed by atoms with E-state index in [2.05, 4.69) is 0 Å². The molecule has 2 aromatic carbocycles. The smallest absolute Gasteiger partial charge is 0.411 e. The maximum absolute atomic E-state index is 12.5. The number of nitrogens with zero attached hydrogens (tertiary/aromatic N) is 1. The highest BCUT2D eigenvalue weighted by Gasteiger charge is 2.39. The lowest BCUT2D eigenvalue weighted by atomic mass is 9.90. The van der Waals surface area contributed by atoms with Crippen molar-refractivity contribution in [2.75, 3.05) is 6.54 Å². The minimum Gasteiger partial charge on any atom is -0.438 e. The third kappa shape index (κ3) is 2.71. The van der Waals surface area contributed by atoms with Gasteiger partial charge in [0.15, 0.2) is 0 Å². The lowest BCUT2D eigenvalue weighted by molar-refractivity contribution is -0.0491. The number of rotatable bonds is 3. The second-order valence-corrected chi connectivity index (χ2v) is 5.99. The van der Waals surface area contributed by atoms with Gasteiger partial charge in [0, 0.05) is 13.0 Å². The van der Waals surface area contributed by atoms with Crippen molar-refractivity contribution in [1.82, 2.24) is 4.90 Å². The van der Waals surface area contributed by atoms with E-state index in [-0.39, 0.29) is 12.1 Å². The average molecular weight is 295 g/mol. The Labute approximate surface area is 131 Å². The van der Waals surface area contributed by atoms with Gasteiger partial charge in [-0.2, -0.15) is 0 Å². The Hall–Kier alpha value is -2.29. The molecule has 1 aliphatic heterocycles. The molecule has 0 saturated carbocycles. The van der Waals surface area contributed by atoms with E-state index in [1.165, 1.54) is 0 Å². The highest BCUT2D eigenvalue weighted by Crippen LogP contribution is 2.36. The van der Waals surface area contributed by atoms with E-state index in [4.69, 9.17) is 4.74 Å². The molecule has 1 aliphatic rings. The maximum atomic E-state index is 12.5. The second-order valence-electron chi connectivity index (χ2n) is 5.99. The Morgan fingerprint density at radius 2 is 1.64 bits per heavy atom. The normalized spacial score (nSPS) is 23.0. The van der Waals surface area contributed by atoms with Gasteiger partial charge in [-0.1, -0.05) is 60.7 Å². The summed E-state index contributed by atoms with van der Waals surface area (Å²) in [6, 6.07) is 20.1. The van der Waals surface area contributed by atoms with Crippen LogP contribution in [0.25, 0.3) is 0 Å². The number of hydrogen-bond acceptors (Lipinski definition) is 2. The van der Waals surface area contributed by atoms with Crippen molar-refractivity contribution in [2.45, 2.75) is 31.9 Å². The first-order valence-electron chi connectivity index (χ1n) is 7.70. The molecule has 0 aliphatic carbocycles. The number of cyclic esters (lactones) is 1. The van der Waals surface area contributed by atoms with E-state index in [9.17, 15) is 4.79 Å². The summed E-state index contributed by atoms with van der Waals surface area (Å²) in [5.74, 6) is 0. The average Bonchev–Trinajstić information content (AvgIpc) is 2.56. The summed E-state index contributed by atoms with van der Waals surface area (Å²) in [5, 5.41) is 0. The van der Waals surface area contributed by atoms with Gasteiger partial charge in [0.05, 0.1) is 6.04 Å². The number of hydrogen-bond donors (Lipinski definition) is 0. The van der Waals surface area contributed by atoms with Gasteiger partial charge >= 0.3 is 6.09 Å². The molecule has 0 spiro atoms. The molecular weight excluding hydrogens is 274 g/mol. The number of ether oxygens (including phenoxy) is 1. The fourth-order valence-corrected chi connectivity index (χ4v) is 2.98. The zero-order valence-corrected chi connectivity index (χ0v) is 13.0. The van der Waals surface area contributed by atoms with Crippen LogP contribution in [-0.4, -0.2) is 17.5 Å². The Morgan fingerprint density at radius 3 is 2.23 bits per heavy atom. The summed E-state index contributed by atoms with van der Waals surface area (Å²) in [4.78, 5) is 14.3. The topological polar surface area (TPSA) is 29.5 Å². The van der Waals surface area contributed by atoms with Crippen LogP contribution in [0.15, 0.2) is 60.7 Å². The van der Waals surface area contributed by atoms with Crippen molar-refractivity contribution in [3.63, 3.8) is 0 Å². The van der Waals surface area contributed by atoms with Gasteiger partial charge in [0.1, 0.15) is 5.60 Å². The summed E-state index contributed by atoms with van der Waals surface area (Å²) in [6.45, 7) is 4.73. The highest BCUT2D eigenvalue weighted by molar-refractivity contribution is 5.70. The lowest BCUT2D eigenvalue weighted by Gasteiger charge is -2.41. The van der Waals surface area contributed by atoms with Crippen LogP contribution in [0.2, 0.25) is 0 Å². The molecule has 22 heavy (non-hydrogen) atoms. The van der Waals surface area contributed by atoms with E-state index in [1.807, 2.05) is 74.5 Å². The van der Waals surface area contributed by atoms with Gasteiger partial charge in [0.2, 0.25) is 0 Å². The molecular formula is C19H21NO2. The number of amides is 1. The maximum Gasteiger partial charge on any atom is 0.411 e. The molecule has 0 bridgehead atoms. The van der Waals surface area contributed by atoms with Crippen molar-refractivity contribution in [3.8, 4) is 0 Å². The molecule has 1 fully saturated rings. The molecule has 2 atom stereocenters. The van der Waals surface area contributed by atoms with Crippen LogP contribution in [0.3, 0.4) is 0 Å². The number of carbonyl (C=O) groups excluding carboxylic acids is 1. The van der Waals surface area contributed by atoms with E-state index in [0.29, 0.717) is 6.54 Å². The van der Waals surface area contributed by atoms with Crippen LogP contribution in [0.5, 0.6) is 0 Å². The van der Waals surface area contributed by atoms with Crippen LogP contribution in [0.4, 0.5) is 4.79 Å². The molecule has 3 rings (SSSR count). The minimum absolute atomic E-state index is 0.0222. The van der Waals surface area contributed by atoms with Crippen molar-refractivity contribution in [2.24, 2.45) is 0 Å². The Morgan fingerprint density at radius 1 is 1.05 bits per heavy atom. The van der Waals surface area contributed by atoms with Gasteiger partial charge < -0.3 is 9.64 Å². The Kier molecular flexibility index (Phi) is 3.88. The predicted octanol–water partition coefficient (Wildman–Crippen LogP) is 4.51. The lowest BCUT2D eigenvalue weighted by Crippen LogP contribution is -2.47. The second kappa shape index (κ2) is 5.84. The first-order chi connectivity index (χ1) is 10.6. The first kappa shape index (κ1) is 14.6. The number of benzene rings is 2. The third-order valence-electron chi connectivity index (χ3n) is 4.51. The molecule has 1 saturated heterocycles. The largest absolute Gasteiger partial charge is 0.438 e. The summed E-state index contributed by atoms with van der Waals surface area (Å²) in [6.07, 6.45) is 0.550. The van der Waals surface area contributed by atoms with E-state index < -0.39 is 5.60 Å². The molecule has 2 aromatic rings. The molecule has 0 radical (unpaired) electrons. The molecule has 1 heterocycles. The van der Waals surface area contributed by atoms with Crippen LogP contribution in [0.1, 0.15) is 37.4 Å². The highest BCUT2D eigenvalue weighted by atomic mass is 16.6. The quantitative estimate of drug-likeness (QED) is 0.834. The SMILES string of the molecule is C[C@H](c1ccccc1)N1CC[C@](C)(c2ccccc2)OC1=O. The Bertz CT molecular complexity index is 641. The Balaban J connectivity index is 1.77. The van der Waals surface area contributed by atoms with Gasteiger partial charge in [-0.3, -0.25) is 0 Å². The van der Waals surface area contributed by atoms with Crippen molar-refractivity contribution >= 4 is 6.09 Å². The van der Waals surface area contributed by atoms with E-state index in [1.54, 1.807) is 4.90 Å². The first-order valence-corrected chi connectivity index (χ1v) is 7.70. The van der Waals surface area contributed by atoms with E-state index >= 15 is 0 Å². The summed E-state index contributed by atoms with van der Waals surface area (Å²) < 4.78 is 5.80. The van der Waals surface area contributed by atoms with Crippen LogP contribution >= 0.6 is 0 Å². The van der Waals surface area contributed by atoms with Gasteiger partial charge in [-0.25, -0.2) is 4.79 Å². The molecule has 114 valence electrons. The minimum atomic E-state index is -0.536. The molecule has 3 nitrogen and oxygen atoms in total. The fourth-order valence-electron chi connectivity index (χ4n) is 2.98. The van der Waals surface area contributed by atoms with Crippen LogP contribution in [-0.2, 0) is 10.3 Å². The number of carbonyl (C=O) groups is 1. The van der Waals surface area contributed by atoms with Gasteiger partial charge in [0.25, 0.3) is 0 Å². The van der Waals surface area contributed by atoms with Crippen LogP contribution < -0.4 is 0 Å². The molecule has 0 N–H and O–H groups in total. The predicted molar refractivity (Wildman–Crippen MR) is 86.5 cm³/mol.